The lowest BCUT2D eigenvalue weighted by atomic mass is 9.90. The number of aromatic nitrogens is 3. The first-order valence-electron chi connectivity index (χ1n) is 25.5. The fourth-order valence-electron chi connectivity index (χ4n) is 13.2. The van der Waals surface area contributed by atoms with Crippen molar-refractivity contribution in [1.29, 1.82) is 10.5 Å². The minimum atomic E-state index is 0.0808. The van der Waals surface area contributed by atoms with Gasteiger partial charge in [0.2, 0.25) is 0 Å². The molecule has 2 atom stereocenters. The third-order valence-corrected chi connectivity index (χ3v) is 16.2. The lowest BCUT2D eigenvalue weighted by molar-refractivity contribution is 0.745. The van der Waals surface area contributed by atoms with Gasteiger partial charge in [-0.25, -0.2) is 0 Å². The predicted molar refractivity (Wildman–Crippen MR) is 300 cm³/mol. The first-order chi connectivity index (χ1) is 36.1. The summed E-state index contributed by atoms with van der Waals surface area (Å²) in [5, 5.41) is 30.5. The number of anilines is 2. The highest BCUT2D eigenvalue weighted by Gasteiger charge is 2.40. The topological polar surface area (TPSA) is 65.6 Å². The Morgan fingerprint density at radius 2 is 1.16 bits per heavy atom. The molecule has 0 saturated heterocycles. The Labute approximate surface area is 422 Å². The van der Waals surface area contributed by atoms with Gasteiger partial charge >= 0.3 is 0 Å². The maximum absolute atomic E-state index is 12.4. The van der Waals surface area contributed by atoms with Gasteiger partial charge in [0.05, 0.1) is 50.7 Å². The summed E-state index contributed by atoms with van der Waals surface area (Å²) in [6.45, 7) is 2.11. The highest BCUT2D eigenvalue weighted by atomic mass is 15.2. The van der Waals surface area contributed by atoms with Crippen LogP contribution in [0.4, 0.5) is 11.4 Å². The highest BCUT2D eigenvalue weighted by Crippen LogP contribution is 2.53. The third-order valence-electron chi connectivity index (χ3n) is 16.2. The molecular formula is C67H46N6. The maximum atomic E-state index is 12.4. The zero-order chi connectivity index (χ0) is 48.5. The number of aryl methyl sites for hydroxylation is 2. The molecular weight excluding hydrogens is 889 g/mol. The van der Waals surface area contributed by atoms with E-state index in [1.54, 1.807) is 0 Å². The second-order valence-corrected chi connectivity index (χ2v) is 20.0. The van der Waals surface area contributed by atoms with Gasteiger partial charge in [-0.15, -0.1) is 0 Å². The second kappa shape index (κ2) is 15.8. The predicted octanol–water partition coefficient (Wildman–Crippen LogP) is 16.2. The molecule has 73 heavy (non-hydrogen) atoms. The second-order valence-electron chi connectivity index (χ2n) is 20.0. The van der Waals surface area contributed by atoms with Crippen molar-refractivity contribution in [2.45, 2.75) is 44.6 Å². The highest BCUT2D eigenvalue weighted by molar-refractivity contribution is 6.16. The van der Waals surface area contributed by atoms with Crippen LogP contribution in [-0.2, 0) is 12.8 Å². The van der Waals surface area contributed by atoms with E-state index in [0.717, 1.165) is 120 Å². The fourth-order valence-corrected chi connectivity index (χ4v) is 13.2. The van der Waals surface area contributed by atoms with Gasteiger partial charge in [-0.1, -0.05) is 157 Å². The Bertz CT molecular complexity index is 4370. The molecule has 0 fully saturated rings. The lowest BCUT2D eigenvalue weighted by Crippen LogP contribution is -2.28. The number of allylic oxidation sites excluding steroid dienone is 4. The normalized spacial score (nSPS) is 16.3. The number of nitriles is 2. The van der Waals surface area contributed by atoms with Crippen molar-refractivity contribution in [3.05, 3.63) is 233 Å². The molecule has 15 rings (SSSR count). The first-order valence-corrected chi connectivity index (χ1v) is 25.5. The number of nitrogens with zero attached hydrogens (tertiary/aromatic N) is 6. The first kappa shape index (κ1) is 41.4. The Balaban J connectivity index is 1.19. The summed E-state index contributed by atoms with van der Waals surface area (Å²) in [5.74, 6) is 0.0808. The van der Waals surface area contributed by atoms with Crippen molar-refractivity contribution in [2.75, 3.05) is 4.90 Å². The Hall–Kier alpha value is -9.36. The van der Waals surface area contributed by atoms with Gasteiger partial charge in [-0.05, 0) is 103 Å². The molecule has 4 heterocycles. The van der Waals surface area contributed by atoms with Gasteiger partial charge in [-0.2, -0.15) is 10.5 Å². The SMILES string of the molecule is Cc1ccc(-c2c(-n3c4c(c5ccccc53)C=CCC4)c(C#N)c(-n3c4cc5c(cc4c4c6c(ccc43)C=CCC6)N(c3ccccc3)C3C=CC=CC53)c(C#N)c2-n2c3ccccc3c3ccccc32)cc1. The number of hydrogen-bond acceptors (Lipinski definition) is 3. The van der Waals surface area contributed by atoms with E-state index in [1.165, 1.54) is 27.9 Å². The fraction of sp³-hybridized carbons (Fsp3) is 0.104. The van der Waals surface area contributed by atoms with Crippen molar-refractivity contribution >= 4 is 78.0 Å². The summed E-state index contributed by atoms with van der Waals surface area (Å²) in [6, 6.07) is 60.3. The van der Waals surface area contributed by atoms with Gasteiger partial charge < -0.3 is 18.6 Å². The molecule has 11 aromatic rings. The Morgan fingerprint density at radius 3 is 1.90 bits per heavy atom. The molecule has 8 aromatic carbocycles. The summed E-state index contributed by atoms with van der Waals surface area (Å²) >= 11 is 0. The van der Waals surface area contributed by atoms with Crippen LogP contribution in [0.2, 0.25) is 0 Å². The molecule has 0 spiro atoms. The molecule has 6 nitrogen and oxygen atoms in total. The van der Waals surface area contributed by atoms with Gasteiger partial charge in [0.15, 0.2) is 0 Å². The molecule has 0 saturated carbocycles. The van der Waals surface area contributed by atoms with E-state index in [2.05, 4.69) is 238 Å². The van der Waals surface area contributed by atoms with E-state index in [1.807, 2.05) is 0 Å². The van der Waals surface area contributed by atoms with Gasteiger partial charge in [0.1, 0.15) is 23.3 Å². The minimum absolute atomic E-state index is 0.0808. The van der Waals surface area contributed by atoms with Crippen molar-refractivity contribution < 1.29 is 0 Å². The van der Waals surface area contributed by atoms with E-state index in [-0.39, 0.29) is 12.0 Å². The van der Waals surface area contributed by atoms with Gasteiger partial charge in [0.25, 0.3) is 0 Å². The van der Waals surface area contributed by atoms with Gasteiger partial charge in [-0.3, -0.25) is 0 Å². The van der Waals surface area contributed by atoms with Gasteiger partial charge in [0, 0.05) is 61.0 Å². The minimum Gasteiger partial charge on any atom is -0.333 e. The van der Waals surface area contributed by atoms with E-state index in [4.69, 9.17) is 0 Å². The molecule has 3 aliphatic carbocycles. The van der Waals surface area contributed by atoms with Crippen LogP contribution < -0.4 is 4.90 Å². The van der Waals surface area contributed by atoms with Crippen LogP contribution in [0.3, 0.4) is 0 Å². The molecule has 344 valence electrons. The van der Waals surface area contributed by atoms with Crippen LogP contribution in [0.5, 0.6) is 0 Å². The summed E-state index contributed by atoms with van der Waals surface area (Å²) in [6.07, 6.45) is 21.6. The Kier molecular flexibility index (Phi) is 8.98. The summed E-state index contributed by atoms with van der Waals surface area (Å²) < 4.78 is 7.04. The zero-order valence-electron chi connectivity index (χ0n) is 40.2. The Morgan fingerprint density at radius 1 is 0.534 bits per heavy atom. The van der Waals surface area contributed by atoms with Crippen LogP contribution in [0, 0.1) is 29.6 Å². The monoisotopic (exact) mass is 934 g/mol. The number of benzene rings is 8. The smallest absolute Gasteiger partial charge is 0.104 e. The van der Waals surface area contributed by atoms with Crippen LogP contribution in [-0.4, -0.2) is 19.7 Å². The molecule has 0 N–H and O–H groups in total. The largest absolute Gasteiger partial charge is 0.333 e. The number of rotatable bonds is 5. The van der Waals surface area contributed by atoms with Crippen LogP contribution in [0.25, 0.3) is 94.9 Å². The molecule has 0 bridgehead atoms. The number of para-hydroxylation sites is 4. The van der Waals surface area contributed by atoms with E-state index >= 15 is 0 Å². The maximum Gasteiger partial charge on any atom is 0.104 e. The van der Waals surface area contributed by atoms with E-state index in [0.29, 0.717) is 16.8 Å². The molecule has 0 radical (unpaired) electrons. The lowest BCUT2D eigenvalue weighted by Gasteiger charge is -2.28. The standard InChI is InChI=1S/C67H46N6/c1-41-31-33-43(34-32-41)63-66(71-56-27-13-7-21-46(56)47-22-8-14-28-57(47)71)53(39-68)65(54(40-69)67(63)72-58-29-15-9-23-48(58)49-24-10-16-30-59(49)72)73-60-36-35-42-17-5-6-20-45(42)64(60)52-38-61-51(37-62(52)73)50-25-11-12-26-55(50)70(61)44-18-3-2-4-19-44/h2-5,7-15,17-19,21-29,31-38,50,55H,6,16,20,30H2,1H3. The number of fused-ring (bicyclic) bond motifs is 14. The molecule has 4 aliphatic rings. The molecule has 3 aromatic heterocycles. The van der Waals surface area contributed by atoms with Crippen LogP contribution in [0.1, 0.15) is 63.4 Å². The summed E-state index contributed by atoms with van der Waals surface area (Å²) in [4.78, 5) is 2.50. The van der Waals surface area contributed by atoms with Crippen LogP contribution in [0.15, 0.2) is 188 Å². The number of hydrogen-bond donors (Lipinski definition) is 0. The summed E-state index contributed by atoms with van der Waals surface area (Å²) in [5.41, 5.74) is 19.2. The average Bonchev–Trinajstić information content (AvgIpc) is 4.22. The van der Waals surface area contributed by atoms with E-state index in [9.17, 15) is 10.5 Å². The third kappa shape index (κ3) is 5.78. The van der Waals surface area contributed by atoms with Crippen molar-refractivity contribution in [3.63, 3.8) is 0 Å². The molecule has 2 unspecified atom stereocenters. The quantitative estimate of drug-likeness (QED) is 0.173. The zero-order valence-corrected chi connectivity index (χ0v) is 40.2. The van der Waals surface area contributed by atoms with Crippen LogP contribution >= 0.6 is 0 Å². The van der Waals surface area contributed by atoms with Crippen molar-refractivity contribution in [1.82, 2.24) is 13.7 Å². The average molecular weight is 935 g/mol. The van der Waals surface area contributed by atoms with E-state index < -0.39 is 0 Å². The molecule has 1 aliphatic heterocycles. The van der Waals surface area contributed by atoms with Crippen molar-refractivity contribution in [2.24, 2.45) is 0 Å². The molecule has 0 amide bonds. The molecule has 6 heteroatoms. The van der Waals surface area contributed by atoms with Crippen molar-refractivity contribution in [3.8, 4) is 40.3 Å². The summed E-state index contributed by atoms with van der Waals surface area (Å²) in [7, 11) is 0.